The predicted octanol–water partition coefficient (Wildman–Crippen LogP) is 3.12. The molecule has 0 aliphatic rings. The number of rotatable bonds is 3. The van der Waals surface area contributed by atoms with Crippen molar-refractivity contribution >= 4 is 16.9 Å². The van der Waals surface area contributed by atoms with Gasteiger partial charge in [-0.05, 0) is 37.1 Å². The molecular formula is C12H18N2. The van der Waals surface area contributed by atoms with Gasteiger partial charge in [0.05, 0.1) is 0 Å². The minimum absolute atomic E-state index is 0.846. The standard InChI is InChI=1S/C12H18N2/c1-4-9(5-2)11-8-10(14-3)6-7-12(11)13/h4,6-8,14H,5,13H2,1-3H3. The third kappa shape index (κ3) is 2.08. The Morgan fingerprint density at radius 1 is 1.50 bits per heavy atom. The van der Waals surface area contributed by atoms with E-state index in [-0.39, 0.29) is 0 Å². The number of nitrogens with one attached hydrogen (secondary N) is 1. The first kappa shape index (κ1) is 10.6. The van der Waals surface area contributed by atoms with Crippen molar-refractivity contribution in [1.29, 1.82) is 0 Å². The summed E-state index contributed by atoms with van der Waals surface area (Å²) in [4.78, 5) is 0. The van der Waals surface area contributed by atoms with E-state index in [4.69, 9.17) is 5.73 Å². The SMILES string of the molecule is CC=C(CC)c1cc(NC)ccc1N. The Bertz CT molecular complexity index is 340. The maximum Gasteiger partial charge on any atom is 0.0391 e. The van der Waals surface area contributed by atoms with E-state index in [1.54, 1.807) is 0 Å². The monoisotopic (exact) mass is 190 g/mol. The quantitative estimate of drug-likeness (QED) is 0.719. The van der Waals surface area contributed by atoms with Crippen LogP contribution in [0.15, 0.2) is 24.3 Å². The smallest absolute Gasteiger partial charge is 0.0391 e. The van der Waals surface area contributed by atoms with Gasteiger partial charge in [-0.15, -0.1) is 0 Å². The van der Waals surface area contributed by atoms with Gasteiger partial charge in [0.1, 0.15) is 0 Å². The lowest BCUT2D eigenvalue weighted by Gasteiger charge is -2.10. The van der Waals surface area contributed by atoms with Crippen LogP contribution in [0.25, 0.3) is 5.57 Å². The van der Waals surface area contributed by atoms with E-state index in [1.807, 2.05) is 26.1 Å². The molecule has 1 aromatic carbocycles. The number of nitrogen functional groups attached to an aromatic ring is 1. The summed E-state index contributed by atoms with van der Waals surface area (Å²) in [7, 11) is 1.91. The highest BCUT2D eigenvalue weighted by molar-refractivity contribution is 5.77. The van der Waals surface area contributed by atoms with Crippen molar-refractivity contribution in [3.63, 3.8) is 0 Å². The van der Waals surface area contributed by atoms with E-state index in [0.717, 1.165) is 23.4 Å². The lowest BCUT2D eigenvalue weighted by molar-refractivity contribution is 1.23. The van der Waals surface area contributed by atoms with Crippen LogP contribution in [0.2, 0.25) is 0 Å². The zero-order chi connectivity index (χ0) is 10.6. The summed E-state index contributed by atoms with van der Waals surface area (Å²) >= 11 is 0. The number of anilines is 2. The van der Waals surface area contributed by atoms with Gasteiger partial charge in [-0.3, -0.25) is 0 Å². The van der Waals surface area contributed by atoms with Crippen molar-refractivity contribution in [3.8, 4) is 0 Å². The second-order valence-electron chi connectivity index (χ2n) is 3.22. The molecule has 0 unspecified atom stereocenters. The fourth-order valence-corrected chi connectivity index (χ4v) is 1.54. The van der Waals surface area contributed by atoms with E-state index < -0.39 is 0 Å². The van der Waals surface area contributed by atoms with Crippen LogP contribution >= 0.6 is 0 Å². The van der Waals surface area contributed by atoms with Gasteiger partial charge < -0.3 is 11.1 Å². The van der Waals surface area contributed by atoms with E-state index in [0.29, 0.717) is 0 Å². The molecule has 0 heterocycles. The predicted molar refractivity (Wildman–Crippen MR) is 64.3 cm³/mol. The van der Waals surface area contributed by atoms with Crippen molar-refractivity contribution in [3.05, 3.63) is 29.8 Å². The number of nitrogens with two attached hydrogens (primary N) is 1. The molecule has 2 nitrogen and oxygen atoms in total. The summed E-state index contributed by atoms with van der Waals surface area (Å²) < 4.78 is 0. The van der Waals surface area contributed by atoms with Gasteiger partial charge in [0.15, 0.2) is 0 Å². The summed E-state index contributed by atoms with van der Waals surface area (Å²) in [6.07, 6.45) is 3.12. The number of benzene rings is 1. The highest BCUT2D eigenvalue weighted by Gasteiger charge is 2.03. The van der Waals surface area contributed by atoms with Gasteiger partial charge >= 0.3 is 0 Å². The van der Waals surface area contributed by atoms with Crippen molar-refractivity contribution in [2.75, 3.05) is 18.1 Å². The Kier molecular flexibility index (Phi) is 3.57. The molecule has 0 bridgehead atoms. The fourth-order valence-electron chi connectivity index (χ4n) is 1.54. The average molecular weight is 190 g/mol. The molecule has 3 N–H and O–H groups in total. The summed E-state index contributed by atoms with van der Waals surface area (Å²) in [6.45, 7) is 4.19. The van der Waals surface area contributed by atoms with Crippen LogP contribution < -0.4 is 11.1 Å². The Labute approximate surface area is 85.8 Å². The molecule has 0 aromatic heterocycles. The number of hydrogen-bond acceptors (Lipinski definition) is 2. The maximum atomic E-state index is 5.93. The minimum Gasteiger partial charge on any atom is -0.398 e. The first-order chi connectivity index (χ1) is 6.72. The molecule has 0 saturated carbocycles. The molecule has 0 spiro atoms. The van der Waals surface area contributed by atoms with Crippen LogP contribution in [-0.4, -0.2) is 7.05 Å². The summed E-state index contributed by atoms with van der Waals surface area (Å²) in [5, 5.41) is 3.11. The molecule has 76 valence electrons. The van der Waals surface area contributed by atoms with Crippen molar-refractivity contribution in [2.24, 2.45) is 0 Å². The van der Waals surface area contributed by atoms with Crippen LogP contribution in [0.5, 0.6) is 0 Å². The Morgan fingerprint density at radius 3 is 2.71 bits per heavy atom. The molecule has 0 aliphatic carbocycles. The Morgan fingerprint density at radius 2 is 2.21 bits per heavy atom. The van der Waals surface area contributed by atoms with Crippen LogP contribution in [0.1, 0.15) is 25.8 Å². The van der Waals surface area contributed by atoms with E-state index >= 15 is 0 Å². The highest BCUT2D eigenvalue weighted by atomic mass is 14.8. The molecule has 2 heteroatoms. The molecule has 0 amide bonds. The van der Waals surface area contributed by atoms with Crippen LogP contribution in [-0.2, 0) is 0 Å². The molecule has 0 fully saturated rings. The average Bonchev–Trinajstić information content (AvgIpc) is 2.22. The van der Waals surface area contributed by atoms with Gasteiger partial charge in [-0.2, -0.15) is 0 Å². The summed E-state index contributed by atoms with van der Waals surface area (Å²) in [6, 6.07) is 6.02. The summed E-state index contributed by atoms with van der Waals surface area (Å²) in [5.41, 5.74) is 10.3. The van der Waals surface area contributed by atoms with Gasteiger partial charge in [0.25, 0.3) is 0 Å². The highest BCUT2D eigenvalue weighted by Crippen LogP contribution is 2.26. The number of hydrogen-bond donors (Lipinski definition) is 2. The second kappa shape index (κ2) is 4.70. The Balaban J connectivity index is 3.18. The molecule has 1 aromatic rings. The minimum atomic E-state index is 0.846. The first-order valence-electron chi connectivity index (χ1n) is 4.95. The lowest BCUT2D eigenvalue weighted by atomic mass is 10.0. The van der Waals surface area contributed by atoms with Crippen molar-refractivity contribution < 1.29 is 0 Å². The first-order valence-corrected chi connectivity index (χ1v) is 4.95. The van der Waals surface area contributed by atoms with Gasteiger partial charge in [-0.25, -0.2) is 0 Å². The van der Waals surface area contributed by atoms with Gasteiger partial charge in [0, 0.05) is 24.0 Å². The Hall–Kier alpha value is -1.44. The van der Waals surface area contributed by atoms with Gasteiger partial charge in [0.2, 0.25) is 0 Å². The van der Waals surface area contributed by atoms with Gasteiger partial charge in [-0.1, -0.05) is 13.0 Å². The van der Waals surface area contributed by atoms with Crippen LogP contribution in [0.3, 0.4) is 0 Å². The molecule has 1 rings (SSSR count). The normalized spacial score (nSPS) is 11.5. The molecule has 0 atom stereocenters. The number of allylic oxidation sites excluding steroid dienone is 2. The molecule has 0 radical (unpaired) electrons. The fraction of sp³-hybridized carbons (Fsp3) is 0.333. The second-order valence-corrected chi connectivity index (χ2v) is 3.22. The lowest BCUT2D eigenvalue weighted by Crippen LogP contribution is -1.96. The molecule has 0 saturated heterocycles. The summed E-state index contributed by atoms with van der Waals surface area (Å²) in [5.74, 6) is 0. The van der Waals surface area contributed by atoms with E-state index in [2.05, 4.69) is 24.4 Å². The topological polar surface area (TPSA) is 38.0 Å². The van der Waals surface area contributed by atoms with E-state index in [1.165, 1.54) is 5.57 Å². The van der Waals surface area contributed by atoms with Crippen LogP contribution in [0, 0.1) is 0 Å². The van der Waals surface area contributed by atoms with E-state index in [9.17, 15) is 0 Å². The zero-order valence-electron chi connectivity index (χ0n) is 9.09. The molecular weight excluding hydrogens is 172 g/mol. The third-order valence-electron chi connectivity index (χ3n) is 2.42. The largest absolute Gasteiger partial charge is 0.398 e. The molecule has 0 aliphatic heterocycles. The zero-order valence-corrected chi connectivity index (χ0v) is 9.09. The molecule has 14 heavy (non-hydrogen) atoms. The van der Waals surface area contributed by atoms with Crippen molar-refractivity contribution in [2.45, 2.75) is 20.3 Å². The maximum absolute atomic E-state index is 5.93. The third-order valence-corrected chi connectivity index (χ3v) is 2.42. The van der Waals surface area contributed by atoms with Crippen LogP contribution in [0.4, 0.5) is 11.4 Å². The van der Waals surface area contributed by atoms with Crippen molar-refractivity contribution in [1.82, 2.24) is 0 Å².